The summed E-state index contributed by atoms with van der Waals surface area (Å²) in [7, 11) is 0. The van der Waals surface area contributed by atoms with Crippen LogP contribution < -0.4 is 5.32 Å². The van der Waals surface area contributed by atoms with Crippen LogP contribution in [0.3, 0.4) is 0 Å². The Morgan fingerprint density at radius 3 is 2.62 bits per heavy atom. The minimum atomic E-state index is 1.10. The van der Waals surface area contributed by atoms with E-state index in [-0.39, 0.29) is 0 Å². The molecule has 0 aromatic heterocycles. The van der Waals surface area contributed by atoms with Crippen molar-refractivity contribution >= 4 is 0 Å². The number of nitrogens with one attached hydrogen (secondary N) is 1. The summed E-state index contributed by atoms with van der Waals surface area (Å²) in [4.78, 5) is 2.52. The van der Waals surface area contributed by atoms with Gasteiger partial charge in [0.2, 0.25) is 0 Å². The van der Waals surface area contributed by atoms with Crippen molar-refractivity contribution in [3.63, 3.8) is 0 Å². The lowest BCUT2D eigenvalue weighted by atomic mass is 10.0. The van der Waals surface area contributed by atoms with Crippen molar-refractivity contribution in [2.45, 2.75) is 26.8 Å². The Morgan fingerprint density at radius 2 is 2.00 bits per heavy atom. The van der Waals surface area contributed by atoms with Crippen molar-refractivity contribution in [3.05, 3.63) is 34.9 Å². The van der Waals surface area contributed by atoms with Crippen molar-refractivity contribution in [2.24, 2.45) is 0 Å². The molecule has 1 N–H and O–H groups in total. The van der Waals surface area contributed by atoms with E-state index in [2.05, 4.69) is 42.3 Å². The number of benzene rings is 1. The number of hydrogen-bond acceptors (Lipinski definition) is 2. The van der Waals surface area contributed by atoms with Gasteiger partial charge in [-0.2, -0.15) is 0 Å². The minimum absolute atomic E-state index is 1.10. The molecule has 0 amide bonds. The van der Waals surface area contributed by atoms with Gasteiger partial charge in [0, 0.05) is 32.7 Å². The smallest absolute Gasteiger partial charge is 0.0234 e. The molecule has 1 saturated heterocycles. The highest BCUT2D eigenvalue weighted by Gasteiger charge is 2.10. The van der Waals surface area contributed by atoms with Crippen molar-refractivity contribution in [1.82, 2.24) is 10.2 Å². The van der Waals surface area contributed by atoms with Gasteiger partial charge in [0.15, 0.2) is 0 Å². The third-order valence-electron chi connectivity index (χ3n) is 3.40. The van der Waals surface area contributed by atoms with Crippen LogP contribution in [0, 0.1) is 6.92 Å². The first-order valence-electron chi connectivity index (χ1n) is 6.31. The normalized spacial score (nSPS) is 17.6. The molecule has 1 heterocycles. The Balaban J connectivity index is 2.01. The zero-order valence-corrected chi connectivity index (χ0v) is 10.4. The van der Waals surface area contributed by atoms with E-state index in [0.717, 1.165) is 26.1 Å². The van der Waals surface area contributed by atoms with Crippen LogP contribution in [-0.4, -0.2) is 31.1 Å². The summed E-state index contributed by atoms with van der Waals surface area (Å²) in [5.74, 6) is 0. The van der Waals surface area contributed by atoms with Crippen molar-refractivity contribution < 1.29 is 0 Å². The van der Waals surface area contributed by atoms with Crippen LogP contribution in [0.25, 0.3) is 0 Å². The van der Waals surface area contributed by atoms with Gasteiger partial charge in [0.1, 0.15) is 0 Å². The Bertz CT molecular complexity index is 341. The van der Waals surface area contributed by atoms with Crippen LogP contribution in [0.5, 0.6) is 0 Å². The maximum absolute atomic E-state index is 3.39. The van der Waals surface area contributed by atoms with E-state index in [9.17, 15) is 0 Å². The first kappa shape index (κ1) is 11.6. The third-order valence-corrected chi connectivity index (χ3v) is 3.40. The third kappa shape index (κ3) is 2.83. The van der Waals surface area contributed by atoms with Gasteiger partial charge < -0.3 is 5.32 Å². The lowest BCUT2D eigenvalue weighted by Gasteiger charge is -2.27. The molecular weight excluding hydrogens is 196 g/mol. The largest absolute Gasteiger partial charge is 0.314 e. The van der Waals surface area contributed by atoms with Gasteiger partial charge >= 0.3 is 0 Å². The quantitative estimate of drug-likeness (QED) is 0.834. The molecule has 0 unspecified atom stereocenters. The molecule has 1 aliphatic rings. The van der Waals surface area contributed by atoms with E-state index in [1.165, 1.54) is 29.8 Å². The van der Waals surface area contributed by atoms with Crippen molar-refractivity contribution in [1.29, 1.82) is 0 Å². The number of rotatable bonds is 3. The van der Waals surface area contributed by atoms with Gasteiger partial charge in [0.05, 0.1) is 0 Å². The van der Waals surface area contributed by atoms with E-state index in [4.69, 9.17) is 0 Å². The van der Waals surface area contributed by atoms with Crippen LogP contribution in [-0.2, 0) is 13.0 Å². The molecule has 88 valence electrons. The maximum atomic E-state index is 3.39. The average Bonchev–Trinajstić information content (AvgIpc) is 2.31. The summed E-state index contributed by atoms with van der Waals surface area (Å²) >= 11 is 0. The van der Waals surface area contributed by atoms with Crippen molar-refractivity contribution in [2.75, 3.05) is 26.2 Å². The zero-order valence-electron chi connectivity index (χ0n) is 10.4. The van der Waals surface area contributed by atoms with Gasteiger partial charge in [-0.1, -0.05) is 25.1 Å². The van der Waals surface area contributed by atoms with Gasteiger partial charge in [-0.15, -0.1) is 0 Å². The van der Waals surface area contributed by atoms with Gasteiger partial charge in [0.25, 0.3) is 0 Å². The second-order valence-electron chi connectivity index (χ2n) is 4.64. The standard InChI is InChI=1S/C14H22N2/c1-3-14-5-4-13(10-12(14)2)11-16-8-6-15-7-9-16/h4-5,10,15H,3,6-9,11H2,1-2H3. The Kier molecular flexibility index (Phi) is 3.97. The van der Waals surface area contributed by atoms with Crippen LogP contribution in [0.2, 0.25) is 0 Å². The highest BCUT2D eigenvalue weighted by atomic mass is 15.2. The average molecular weight is 218 g/mol. The molecule has 2 heteroatoms. The Morgan fingerprint density at radius 1 is 1.25 bits per heavy atom. The zero-order chi connectivity index (χ0) is 11.4. The number of piperazine rings is 1. The summed E-state index contributed by atoms with van der Waals surface area (Å²) in [6.07, 6.45) is 1.14. The summed E-state index contributed by atoms with van der Waals surface area (Å²) < 4.78 is 0. The molecular formula is C14H22N2. The molecule has 0 atom stereocenters. The van der Waals surface area contributed by atoms with Gasteiger partial charge in [-0.25, -0.2) is 0 Å². The number of aryl methyl sites for hydroxylation is 2. The molecule has 0 spiro atoms. The van der Waals surface area contributed by atoms with Gasteiger partial charge in [-0.05, 0) is 30.0 Å². The fraction of sp³-hybridized carbons (Fsp3) is 0.571. The number of nitrogens with zero attached hydrogens (tertiary/aromatic N) is 1. The second-order valence-corrected chi connectivity index (χ2v) is 4.64. The molecule has 1 fully saturated rings. The fourth-order valence-corrected chi connectivity index (χ4v) is 2.38. The van der Waals surface area contributed by atoms with E-state index >= 15 is 0 Å². The monoisotopic (exact) mass is 218 g/mol. The summed E-state index contributed by atoms with van der Waals surface area (Å²) in [6, 6.07) is 6.92. The molecule has 1 aromatic rings. The van der Waals surface area contributed by atoms with Crippen LogP contribution in [0.1, 0.15) is 23.6 Å². The molecule has 16 heavy (non-hydrogen) atoms. The molecule has 0 aliphatic carbocycles. The molecule has 0 bridgehead atoms. The Labute approximate surface area is 98.7 Å². The van der Waals surface area contributed by atoms with Crippen LogP contribution in [0.4, 0.5) is 0 Å². The minimum Gasteiger partial charge on any atom is -0.314 e. The van der Waals surface area contributed by atoms with E-state index < -0.39 is 0 Å². The molecule has 1 aliphatic heterocycles. The maximum Gasteiger partial charge on any atom is 0.0234 e. The Hall–Kier alpha value is -0.860. The summed E-state index contributed by atoms with van der Waals surface area (Å²) in [5.41, 5.74) is 4.37. The van der Waals surface area contributed by atoms with E-state index in [1.54, 1.807) is 0 Å². The molecule has 2 nitrogen and oxygen atoms in total. The first-order valence-corrected chi connectivity index (χ1v) is 6.31. The molecule has 0 saturated carbocycles. The highest BCUT2D eigenvalue weighted by molar-refractivity contribution is 5.31. The topological polar surface area (TPSA) is 15.3 Å². The van der Waals surface area contributed by atoms with Crippen LogP contribution >= 0.6 is 0 Å². The van der Waals surface area contributed by atoms with Gasteiger partial charge in [-0.3, -0.25) is 4.90 Å². The lowest BCUT2D eigenvalue weighted by Crippen LogP contribution is -2.42. The lowest BCUT2D eigenvalue weighted by molar-refractivity contribution is 0.233. The first-order chi connectivity index (χ1) is 7.79. The predicted molar refractivity (Wildman–Crippen MR) is 68.7 cm³/mol. The molecule has 0 radical (unpaired) electrons. The second kappa shape index (κ2) is 5.46. The summed E-state index contributed by atoms with van der Waals surface area (Å²) in [5, 5.41) is 3.39. The molecule has 2 rings (SSSR count). The summed E-state index contributed by atoms with van der Waals surface area (Å²) in [6.45, 7) is 10.2. The fourth-order valence-electron chi connectivity index (χ4n) is 2.38. The predicted octanol–water partition coefficient (Wildman–Crippen LogP) is 1.96. The number of hydrogen-bond donors (Lipinski definition) is 1. The van der Waals surface area contributed by atoms with E-state index in [1.807, 2.05) is 0 Å². The highest BCUT2D eigenvalue weighted by Crippen LogP contribution is 2.13. The van der Waals surface area contributed by atoms with E-state index in [0.29, 0.717) is 0 Å². The molecule has 1 aromatic carbocycles. The SMILES string of the molecule is CCc1ccc(CN2CCNCC2)cc1C. The van der Waals surface area contributed by atoms with Crippen LogP contribution in [0.15, 0.2) is 18.2 Å². The van der Waals surface area contributed by atoms with Crippen molar-refractivity contribution in [3.8, 4) is 0 Å².